The lowest BCUT2D eigenvalue weighted by atomic mass is 9.90. The van der Waals surface area contributed by atoms with Crippen molar-refractivity contribution in [2.24, 2.45) is 0 Å². The first-order valence-electron chi connectivity index (χ1n) is 8.89. The quantitative estimate of drug-likeness (QED) is 0.839. The monoisotopic (exact) mass is 370 g/mol. The molecule has 1 aromatic heterocycles. The summed E-state index contributed by atoms with van der Waals surface area (Å²) < 4.78 is 6.33. The van der Waals surface area contributed by atoms with Gasteiger partial charge >= 0.3 is 0 Å². The number of benzene rings is 1. The molecule has 26 heavy (non-hydrogen) atoms. The molecule has 3 heterocycles. The molecule has 1 spiro atoms. The van der Waals surface area contributed by atoms with Crippen LogP contribution in [0.1, 0.15) is 43.3 Å². The Labute approximate surface area is 157 Å². The van der Waals surface area contributed by atoms with E-state index in [1.165, 1.54) is 11.3 Å². The summed E-state index contributed by atoms with van der Waals surface area (Å²) in [5, 5.41) is 3.00. The van der Waals surface area contributed by atoms with E-state index in [1.54, 1.807) is 0 Å². The molecule has 0 aliphatic carbocycles. The van der Waals surface area contributed by atoms with Crippen LogP contribution in [0.25, 0.3) is 0 Å². The molecule has 2 aliphatic rings. The first-order chi connectivity index (χ1) is 12.5. The van der Waals surface area contributed by atoms with Gasteiger partial charge in [0.25, 0.3) is 11.8 Å². The Kier molecular flexibility index (Phi) is 4.23. The van der Waals surface area contributed by atoms with Gasteiger partial charge in [0.1, 0.15) is 11.4 Å². The first kappa shape index (κ1) is 17.1. The van der Waals surface area contributed by atoms with Crippen LogP contribution in [0.3, 0.4) is 0 Å². The molecule has 0 unspecified atom stereocenters. The molecule has 0 saturated carbocycles. The maximum Gasteiger partial charge on any atom is 0.263 e. The Hall–Kier alpha value is -2.34. The van der Waals surface area contributed by atoms with Crippen LogP contribution in [-0.4, -0.2) is 41.9 Å². The zero-order valence-corrected chi connectivity index (χ0v) is 15.8. The third-order valence-electron chi connectivity index (χ3n) is 5.19. The van der Waals surface area contributed by atoms with Crippen molar-refractivity contribution < 1.29 is 14.3 Å². The van der Waals surface area contributed by atoms with Crippen LogP contribution in [0.15, 0.2) is 30.3 Å². The summed E-state index contributed by atoms with van der Waals surface area (Å²) in [5.41, 5.74) is 1.18. The fourth-order valence-corrected chi connectivity index (χ4v) is 4.45. The number of rotatable bonds is 1. The molecule has 1 aromatic carbocycles. The topological polar surface area (TPSA) is 58.6 Å². The first-order valence-corrected chi connectivity index (χ1v) is 9.71. The maximum atomic E-state index is 12.7. The molecule has 136 valence electrons. The number of nitrogens with one attached hydrogen (secondary N) is 1. The predicted octanol–water partition coefficient (Wildman–Crippen LogP) is 3.16. The van der Waals surface area contributed by atoms with Gasteiger partial charge in [-0.05, 0) is 38.1 Å². The summed E-state index contributed by atoms with van der Waals surface area (Å²) in [6.07, 6.45) is 1.41. The number of piperidine rings is 1. The standard InChI is InChI=1S/C20H22N2O3S/c1-13-3-5-16-15(11-13)18(23)21-12-20(25-16)7-9-22(10-8-20)19(24)17-6-4-14(2)26-17/h3-6,11H,7-10,12H2,1-2H3,(H,21,23). The van der Waals surface area contributed by atoms with Crippen LogP contribution in [0.2, 0.25) is 0 Å². The zero-order valence-electron chi connectivity index (χ0n) is 15.0. The Bertz CT molecular complexity index is 866. The predicted molar refractivity (Wildman–Crippen MR) is 101 cm³/mol. The minimum Gasteiger partial charge on any atom is -0.484 e. The summed E-state index contributed by atoms with van der Waals surface area (Å²) in [4.78, 5) is 28.9. The van der Waals surface area contributed by atoms with Gasteiger partial charge in [0, 0.05) is 30.8 Å². The smallest absolute Gasteiger partial charge is 0.263 e. The minimum absolute atomic E-state index is 0.0895. The summed E-state index contributed by atoms with van der Waals surface area (Å²) in [6, 6.07) is 9.58. The van der Waals surface area contributed by atoms with Crippen molar-refractivity contribution in [2.75, 3.05) is 19.6 Å². The van der Waals surface area contributed by atoms with E-state index in [0.717, 1.165) is 15.3 Å². The summed E-state index contributed by atoms with van der Waals surface area (Å²) in [6.45, 7) is 5.71. The van der Waals surface area contributed by atoms with Crippen molar-refractivity contribution >= 4 is 23.2 Å². The van der Waals surface area contributed by atoms with Crippen molar-refractivity contribution in [2.45, 2.75) is 32.3 Å². The normalized spacial score (nSPS) is 18.7. The van der Waals surface area contributed by atoms with Gasteiger partial charge in [-0.15, -0.1) is 11.3 Å². The molecule has 5 nitrogen and oxygen atoms in total. The number of carbonyl (C=O) groups excluding carboxylic acids is 2. The molecule has 0 bridgehead atoms. The highest BCUT2D eigenvalue weighted by Crippen LogP contribution is 2.34. The van der Waals surface area contributed by atoms with Crippen molar-refractivity contribution in [3.63, 3.8) is 0 Å². The van der Waals surface area contributed by atoms with E-state index < -0.39 is 5.60 Å². The van der Waals surface area contributed by atoms with E-state index in [-0.39, 0.29) is 11.8 Å². The van der Waals surface area contributed by atoms with Crippen LogP contribution in [0.4, 0.5) is 0 Å². The lowest BCUT2D eigenvalue weighted by molar-refractivity contribution is 0.00787. The van der Waals surface area contributed by atoms with E-state index in [2.05, 4.69) is 5.32 Å². The van der Waals surface area contributed by atoms with Gasteiger partial charge in [-0.2, -0.15) is 0 Å². The van der Waals surface area contributed by atoms with Gasteiger partial charge in [0.05, 0.1) is 17.0 Å². The second-order valence-corrected chi connectivity index (χ2v) is 8.46. The molecule has 2 aromatic rings. The van der Waals surface area contributed by atoms with Crippen LogP contribution < -0.4 is 10.1 Å². The van der Waals surface area contributed by atoms with Crippen LogP contribution in [-0.2, 0) is 0 Å². The van der Waals surface area contributed by atoms with Crippen molar-refractivity contribution in [1.29, 1.82) is 0 Å². The minimum atomic E-state index is -0.446. The van der Waals surface area contributed by atoms with Crippen molar-refractivity contribution in [3.8, 4) is 5.75 Å². The maximum absolute atomic E-state index is 12.7. The Morgan fingerprint density at radius 1 is 1.19 bits per heavy atom. The molecule has 4 rings (SSSR count). The van der Waals surface area contributed by atoms with Crippen LogP contribution >= 0.6 is 11.3 Å². The molecule has 1 N–H and O–H groups in total. The summed E-state index contributed by atoms with van der Waals surface area (Å²) in [5.74, 6) is 0.638. The Morgan fingerprint density at radius 3 is 2.65 bits per heavy atom. The van der Waals surface area contributed by atoms with E-state index in [1.807, 2.05) is 49.1 Å². The SMILES string of the molecule is Cc1ccc2c(c1)C(=O)NCC1(CCN(C(=O)c3ccc(C)s3)CC1)O2. The second-order valence-electron chi connectivity index (χ2n) is 7.17. The van der Waals surface area contributed by atoms with Gasteiger partial charge in [0.15, 0.2) is 0 Å². The van der Waals surface area contributed by atoms with Gasteiger partial charge in [-0.25, -0.2) is 0 Å². The molecule has 0 atom stereocenters. The van der Waals surface area contributed by atoms with Crippen molar-refractivity contribution in [1.82, 2.24) is 10.2 Å². The third-order valence-corrected chi connectivity index (χ3v) is 6.18. The highest BCUT2D eigenvalue weighted by Gasteiger charge is 2.41. The third kappa shape index (κ3) is 3.09. The molecule has 2 amide bonds. The van der Waals surface area contributed by atoms with Crippen LogP contribution in [0, 0.1) is 13.8 Å². The van der Waals surface area contributed by atoms with Gasteiger partial charge in [-0.3, -0.25) is 9.59 Å². The summed E-state index contributed by atoms with van der Waals surface area (Å²) in [7, 11) is 0. The number of ether oxygens (including phenoxy) is 1. The molecule has 0 radical (unpaired) electrons. The van der Waals surface area contributed by atoms with E-state index >= 15 is 0 Å². The van der Waals surface area contributed by atoms with Crippen molar-refractivity contribution in [3.05, 3.63) is 51.2 Å². The number of amides is 2. The fourth-order valence-electron chi connectivity index (χ4n) is 3.62. The number of hydrogen-bond acceptors (Lipinski definition) is 4. The number of nitrogens with zero attached hydrogens (tertiary/aromatic N) is 1. The molecule has 6 heteroatoms. The highest BCUT2D eigenvalue weighted by atomic mass is 32.1. The lowest BCUT2D eigenvalue weighted by Crippen LogP contribution is -2.54. The van der Waals surface area contributed by atoms with E-state index in [4.69, 9.17) is 4.74 Å². The molecule has 2 aliphatic heterocycles. The molecular formula is C20H22N2O3S. The summed E-state index contributed by atoms with van der Waals surface area (Å²) >= 11 is 1.53. The van der Waals surface area contributed by atoms with E-state index in [0.29, 0.717) is 43.8 Å². The Morgan fingerprint density at radius 2 is 1.96 bits per heavy atom. The van der Waals surface area contributed by atoms with Gasteiger partial charge < -0.3 is 15.0 Å². The molecular weight excluding hydrogens is 348 g/mol. The molecule has 1 fully saturated rings. The average molecular weight is 370 g/mol. The molecule has 1 saturated heterocycles. The lowest BCUT2D eigenvalue weighted by Gasteiger charge is -2.41. The number of hydrogen-bond donors (Lipinski definition) is 1. The second kappa shape index (κ2) is 6.43. The van der Waals surface area contributed by atoms with Crippen LogP contribution in [0.5, 0.6) is 5.75 Å². The average Bonchev–Trinajstić information content (AvgIpc) is 3.02. The number of thiophene rings is 1. The largest absolute Gasteiger partial charge is 0.484 e. The highest BCUT2D eigenvalue weighted by molar-refractivity contribution is 7.13. The number of carbonyl (C=O) groups is 2. The Balaban J connectivity index is 1.50. The number of fused-ring (bicyclic) bond motifs is 1. The fraction of sp³-hybridized carbons (Fsp3) is 0.400. The van der Waals surface area contributed by atoms with Gasteiger partial charge in [0.2, 0.25) is 0 Å². The van der Waals surface area contributed by atoms with E-state index in [9.17, 15) is 9.59 Å². The zero-order chi connectivity index (χ0) is 18.3. The van der Waals surface area contributed by atoms with Gasteiger partial charge in [-0.1, -0.05) is 11.6 Å². The number of aryl methyl sites for hydroxylation is 2. The number of likely N-dealkylation sites (tertiary alicyclic amines) is 1.